The predicted molar refractivity (Wildman–Crippen MR) is 71.5 cm³/mol. The van der Waals surface area contributed by atoms with Gasteiger partial charge in [-0.25, -0.2) is 4.79 Å². The monoisotopic (exact) mass is 285 g/mol. The smallest absolute Gasteiger partial charge is 0.326 e. The average Bonchev–Trinajstić information content (AvgIpc) is 2.31. The molecule has 5 nitrogen and oxygen atoms in total. The number of rotatable bonds is 5. The summed E-state index contributed by atoms with van der Waals surface area (Å²) in [5, 5.41) is 20.8. The van der Waals surface area contributed by atoms with Gasteiger partial charge in [-0.1, -0.05) is 25.4 Å². The molecule has 0 heterocycles. The van der Waals surface area contributed by atoms with Gasteiger partial charge in [0.1, 0.15) is 11.8 Å². The number of carboxylic acid groups (broad SMARTS) is 1. The lowest BCUT2D eigenvalue weighted by Gasteiger charge is -2.16. The Morgan fingerprint density at radius 1 is 1.37 bits per heavy atom. The second-order valence-corrected chi connectivity index (χ2v) is 5.07. The van der Waals surface area contributed by atoms with Crippen LogP contribution in [0, 0.1) is 5.92 Å². The van der Waals surface area contributed by atoms with E-state index in [0.29, 0.717) is 6.42 Å². The highest BCUT2D eigenvalue weighted by atomic mass is 35.5. The molecule has 104 valence electrons. The fraction of sp³-hybridized carbons (Fsp3) is 0.385. The maximum absolute atomic E-state index is 11.9. The van der Waals surface area contributed by atoms with Crippen LogP contribution in [0.1, 0.15) is 30.6 Å². The standard InChI is InChI=1S/C13H16ClNO4/c1-7(2)5-10(13(18)19)15-12(17)8-3-4-11(16)9(14)6-8/h3-4,6-7,10,16H,5H2,1-2H3,(H,15,17)(H,18,19)/t10-/m0/s1. The van der Waals surface area contributed by atoms with E-state index in [9.17, 15) is 14.7 Å². The number of phenols is 1. The Balaban J connectivity index is 2.81. The number of benzene rings is 1. The molecule has 0 saturated carbocycles. The Morgan fingerprint density at radius 3 is 2.47 bits per heavy atom. The van der Waals surface area contributed by atoms with Crippen molar-refractivity contribution in [3.05, 3.63) is 28.8 Å². The molecule has 1 atom stereocenters. The first-order chi connectivity index (χ1) is 8.81. The van der Waals surface area contributed by atoms with Gasteiger partial charge in [0, 0.05) is 5.56 Å². The van der Waals surface area contributed by atoms with Gasteiger partial charge in [-0.2, -0.15) is 0 Å². The first-order valence-corrected chi connectivity index (χ1v) is 6.21. The molecule has 0 aliphatic heterocycles. The van der Waals surface area contributed by atoms with Crippen LogP contribution in [0.2, 0.25) is 5.02 Å². The van der Waals surface area contributed by atoms with E-state index in [1.54, 1.807) is 0 Å². The van der Waals surface area contributed by atoms with E-state index in [4.69, 9.17) is 16.7 Å². The number of hydrogen-bond donors (Lipinski definition) is 3. The van der Waals surface area contributed by atoms with Crippen LogP contribution in [-0.2, 0) is 4.79 Å². The molecule has 3 N–H and O–H groups in total. The van der Waals surface area contributed by atoms with Crippen LogP contribution in [-0.4, -0.2) is 28.1 Å². The van der Waals surface area contributed by atoms with Gasteiger partial charge in [-0.05, 0) is 30.5 Å². The van der Waals surface area contributed by atoms with E-state index in [1.807, 2.05) is 13.8 Å². The number of phenolic OH excluding ortho intramolecular Hbond substituents is 1. The summed E-state index contributed by atoms with van der Waals surface area (Å²) in [7, 11) is 0. The van der Waals surface area contributed by atoms with Crippen LogP contribution in [0.3, 0.4) is 0 Å². The van der Waals surface area contributed by atoms with Gasteiger partial charge < -0.3 is 15.5 Å². The normalized spacial score (nSPS) is 12.2. The highest BCUT2D eigenvalue weighted by Gasteiger charge is 2.21. The maximum Gasteiger partial charge on any atom is 0.326 e. The molecule has 19 heavy (non-hydrogen) atoms. The fourth-order valence-corrected chi connectivity index (χ4v) is 1.76. The third-order valence-corrected chi connectivity index (χ3v) is 2.82. The number of hydrogen-bond acceptors (Lipinski definition) is 3. The molecular formula is C13H16ClNO4. The van der Waals surface area contributed by atoms with E-state index in [-0.39, 0.29) is 22.3 Å². The average molecular weight is 286 g/mol. The molecule has 0 aliphatic rings. The number of nitrogens with one attached hydrogen (secondary N) is 1. The lowest BCUT2D eigenvalue weighted by atomic mass is 10.0. The number of carbonyl (C=O) groups is 2. The van der Waals surface area contributed by atoms with Gasteiger partial charge in [0.05, 0.1) is 5.02 Å². The molecule has 0 saturated heterocycles. The zero-order chi connectivity index (χ0) is 14.6. The minimum Gasteiger partial charge on any atom is -0.506 e. The topological polar surface area (TPSA) is 86.6 Å². The summed E-state index contributed by atoms with van der Waals surface area (Å²) in [5.74, 6) is -1.60. The molecular weight excluding hydrogens is 270 g/mol. The van der Waals surface area contributed by atoms with Crippen molar-refractivity contribution in [1.29, 1.82) is 0 Å². The van der Waals surface area contributed by atoms with E-state index < -0.39 is 17.9 Å². The fourth-order valence-electron chi connectivity index (χ4n) is 1.58. The highest BCUT2D eigenvalue weighted by Crippen LogP contribution is 2.23. The van der Waals surface area contributed by atoms with Gasteiger partial charge in [0.25, 0.3) is 5.91 Å². The lowest BCUT2D eigenvalue weighted by Crippen LogP contribution is -2.41. The second kappa shape index (κ2) is 6.43. The first kappa shape index (κ1) is 15.3. The largest absolute Gasteiger partial charge is 0.506 e. The number of aromatic hydroxyl groups is 1. The van der Waals surface area contributed by atoms with Crippen molar-refractivity contribution in [3.8, 4) is 5.75 Å². The molecule has 1 rings (SSSR count). The molecule has 0 radical (unpaired) electrons. The van der Waals surface area contributed by atoms with Crippen molar-refractivity contribution in [2.45, 2.75) is 26.3 Å². The van der Waals surface area contributed by atoms with Crippen molar-refractivity contribution in [2.24, 2.45) is 5.92 Å². The van der Waals surface area contributed by atoms with Crippen molar-refractivity contribution >= 4 is 23.5 Å². The van der Waals surface area contributed by atoms with E-state index in [0.717, 1.165) is 0 Å². The third-order valence-electron chi connectivity index (χ3n) is 2.52. The molecule has 0 spiro atoms. The predicted octanol–water partition coefficient (Wildman–Crippen LogP) is 2.27. The first-order valence-electron chi connectivity index (χ1n) is 5.83. The molecule has 0 aliphatic carbocycles. The Labute approximate surface area is 116 Å². The molecule has 1 aromatic carbocycles. The summed E-state index contributed by atoms with van der Waals surface area (Å²) in [4.78, 5) is 22.9. The van der Waals surface area contributed by atoms with E-state index in [1.165, 1.54) is 18.2 Å². The summed E-state index contributed by atoms with van der Waals surface area (Å²) in [6.45, 7) is 3.75. The zero-order valence-electron chi connectivity index (χ0n) is 10.7. The number of aliphatic carboxylic acids is 1. The molecule has 6 heteroatoms. The number of amides is 1. The molecule has 0 bridgehead atoms. The van der Waals surface area contributed by atoms with Gasteiger partial charge in [-0.3, -0.25) is 4.79 Å². The molecule has 0 fully saturated rings. The van der Waals surface area contributed by atoms with Gasteiger partial charge in [-0.15, -0.1) is 0 Å². The number of carboxylic acids is 1. The Bertz CT molecular complexity index is 488. The summed E-state index contributed by atoms with van der Waals surface area (Å²) in [6, 6.07) is 3.01. The van der Waals surface area contributed by atoms with Crippen molar-refractivity contribution in [1.82, 2.24) is 5.32 Å². The van der Waals surface area contributed by atoms with Crippen molar-refractivity contribution in [2.75, 3.05) is 0 Å². The minimum absolute atomic E-state index is 0.0448. The lowest BCUT2D eigenvalue weighted by molar-refractivity contribution is -0.139. The van der Waals surface area contributed by atoms with Crippen LogP contribution in [0.4, 0.5) is 0 Å². The Morgan fingerprint density at radius 2 is 2.00 bits per heavy atom. The van der Waals surface area contributed by atoms with Gasteiger partial charge in [0.15, 0.2) is 0 Å². The van der Waals surface area contributed by atoms with Crippen LogP contribution in [0.25, 0.3) is 0 Å². The molecule has 0 aromatic heterocycles. The van der Waals surface area contributed by atoms with Crippen LogP contribution < -0.4 is 5.32 Å². The van der Waals surface area contributed by atoms with Crippen LogP contribution >= 0.6 is 11.6 Å². The van der Waals surface area contributed by atoms with Crippen molar-refractivity contribution in [3.63, 3.8) is 0 Å². The SMILES string of the molecule is CC(C)C[C@H](NC(=O)c1ccc(O)c(Cl)c1)C(=O)O. The van der Waals surface area contributed by atoms with Crippen LogP contribution in [0.5, 0.6) is 5.75 Å². The highest BCUT2D eigenvalue weighted by molar-refractivity contribution is 6.32. The second-order valence-electron chi connectivity index (χ2n) is 4.66. The Kier molecular flexibility index (Phi) is 5.18. The van der Waals surface area contributed by atoms with E-state index >= 15 is 0 Å². The quantitative estimate of drug-likeness (QED) is 0.774. The van der Waals surface area contributed by atoms with E-state index in [2.05, 4.69) is 5.32 Å². The summed E-state index contributed by atoms with van der Waals surface area (Å²) < 4.78 is 0. The number of halogens is 1. The molecule has 1 aromatic rings. The maximum atomic E-state index is 11.9. The number of carbonyl (C=O) groups excluding carboxylic acids is 1. The summed E-state index contributed by atoms with van der Waals surface area (Å²) >= 11 is 5.70. The minimum atomic E-state index is -1.08. The molecule has 1 amide bonds. The molecule has 0 unspecified atom stereocenters. The Hall–Kier alpha value is -1.75. The summed E-state index contributed by atoms with van der Waals surface area (Å²) in [5.41, 5.74) is 0.206. The van der Waals surface area contributed by atoms with Gasteiger partial charge >= 0.3 is 5.97 Å². The van der Waals surface area contributed by atoms with Crippen LogP contribution in [0.15, 0.2) is 18.2 Å². The summed E-state index contributed by atoms with van der Waals surface area (Å²) in [6.07, 6.45) is 0.340. The van der Waals surface area contributed by atoms with Crippen molar-refractivity contribution < 1.29 is 19.8 Å². The zero-order valence-corrected chi connectivity index (χ0v) is 11.4. The van der Waals surface area contributed by atoms with Gasteiger partial charge in [0.2, 0.25) is 0 Å². The third kappa shape index (κ3) is 4.44.